The fourth-order valence-electron chi connectivity index (χ4n) is 2.56. The predicted octanol–water partition coefficient (Wildman–Crippen LogP) is 3.52. The smallest absolute Gasteiger partial charge is 0.229 e. The number of rotatable bonds is 4. The highest BCUT2D eigenvalue weighted by atomic mass is 16.3. The average Bonchev–Trinajstić information content (AvgIpc) is 2.48. The largest absolute Gasteiger partial charge is 0.507 e. The number of hydrogen-bond donors (Lipinski definition) is 1. The van der Waals surface area contributed by atoms with Crippen molar-refractivity contribution in [3.63, 3.8) is 0 Å². The van der Waals surface area contributed by atoms with E-state index in [1.54, 1.807) is 4.90 Å². The van der Waals surface area contributed by atoms with Gasteiger partial charge in [-0.3, -0.25) is 4.79 Å². The molecule has 0 bridgehead atoms. The van der Waals surface area contributed by atoms with E-state index in [2.05, 4.69) is 0 Å². The van der Waals surface area contributed by atoms with Crippen molar-refractivity contribution in [3.8, 4) is 5.75 Å². The molecule has 0 aliphatic heterocycles. The van der Waals surface area contributed by atoms with Crippen LogP contribution in [-0.4, -0.2) is 29.0 Å². The van der Waals surface area contributed by atoms with Gasteiger partial charge >= 0.3 is 0 Å². The van der Waals surface area contributed by atoms with Crippen LogP contribution < -0.4 is 0 Å². The number of carbonyl (C=O) groups is 1. The van der Waals surface area contributed by atoms with E-state index < -0.39 is 0 Å². The van der Waals surface area contributed by atoms with Gasteiger partial charge in [0, 0.05) is 24.0 Å². The molecule has 0 radical (unpaired) electrons. The molecule has 1 N–H and O–H groups in total. The van der Waals surface area contributed by atoms with Crippen LogP contribution >= 0.6 is 0 Å². The van der Waals surface area contributed by atoms with Crippen LogP contribution in [0.2, 0.25) is 0 Å². The highest BCUT2D eigenvalue weighted by molar-refractivity contribution is 5.92. The fourth-order valence-corrected chi connectivity index (χ4v) is 2.56. The van der Waals surface area contributed by atoms with Crippen molar-refractivity contribution in [2.45, 2.75) is 26.7 Å². The fraction of sp³-hybridized carbons (Fsp3) is 0.353. The molecule has 0 spiro atoms. The molecule has 3 nitrogen and oxygen atoms in total. The van der Waals surface area contributed by atoms with Crippen LogP contribution in [-0.2, 0) is 4.79 Å². The Morgan fingerprint density at radius 1 is 1.15 bits per heavy atom. The maximum Gasteiger partial charge on any atom is 0.229 e. The number of likely N-dealkylation sites (N-methyl/N-ethyl adjacent to an activating group) is 1. The van der Waals surface area contributed by atoms with E-state index in [-0.39, 0.29) is 17.6 Å². The summed E-state index contributed by atoms with van der Waals surface area (Å²) in [4.78, 5) is 14.2. The molecule has 2 rings (SSSR count). The van der Waals surface area contributed by atoms with Gasteiger partial charge in [0.2, 0.25) is 5.91 Å². The van der Waals surface area contributed by atoms with E-state index in [1.165, 1.54) is 0 Å². The lowest BCUT2D eigenvalue weighted by atomic mass is 9.95. The van der Waals surface area contributed by atoms with Gasteiger partial charge in [-0.05, 0) is 26.2 Å². The maximum atomic E-state index is 12.4. The van der Waals surface area contributed by atoms with Crippen molar-refractivity contribution >= 4 is 16.7 Å². The van der Waals surface area contributed by atoms with Gasteiger partial charge in [0.15, 0.2) is 0 Å². The van der Waals surface area contributed by atoms with Crippen molar-refractivity contribution < 1.29 is 9.90 Å². The first-order chi connectivity index (χ1) is 9.60. The summed E-state index contributed by atoms with van der Waals surface area (Å²) in [5.74, 6) is -0.0591. The quantitative estimate of drug-likeness (QED) is 0.924. The number of amides is 1. The summed E-state index contributed by atoms with van der Waals surface area (Å²) >= 11 is 0. The summed E-state index contributed by atoms with van der Waals surface area (Å²) in [7, 11) is 0. The Morgan fingerprint density at radius 2 is 1.80 bits per heavy atom. The van der Waals surface area contributed by atoms with Crippen molar-refractivity contribution in [1.82, 2.24) is 4.90 Å². The lowest BCUT2D eigenvalue weighted by Crippen LogP contribution is -2.33. The molecule has 1 amide bonds. The van der Waals surface area contributed by atoms with E-state index in [4.69, 9.17) is 0 Å². The van der Waals surface area contributed by atoms with E-state index in [9.17, 15) is 9.90 Å². The molecule has 1 atom stereocenters. The Balaban J connectivity index is 2.42. The van der Waals surface area contributed by atoms with Crippen LogP contribution in [0.3, 0.4) is 0 Å². The van der Waals surface area contributed by atoms with Gasteiger partial charge in [0.25, 0.3) is 0 Å². The van der Waals surface area contributed by atoms with Crippen LogP contribution in [0, 0.1) is 0 Å². The minimum atomic E-state index is -0.334. The minimum Gasteiger partial charge on any atom is -0.507 e. The molecule has 2 aromatic rings. The molecule has 3 heteroatoms. The van der Waals surface area contributed by atoms with Crippen LogP contribution in [0.5, 0.6) is 5.75 Å². The highest BCUT2D eigenvalue weighted by Gasteiger charge is 2.23. The van der Waals surface area contributed by atoms with Crippen molar-refractivity contribution in [3.05, 3.63) is 42.0 Å². The molecule has 1 unspecified atom stereocenters. The molecule has 0 fully saturated rings. The third-order valence-electron chi connectivity index (χ3n) is 3.84. The monoisotopic (exact) mass is 271 g/mol. The number of carbonyl (C=O) groups excluding carboxylic acids is 1. The Morgan fingerprint density at radius 3 is 2.45 bits per heavy atom. The lowest BCUT2D eigenvalue weighted by Gasteiger charge is -2.23. The second-order valence-corrected chi connectivity index (χ2v) is 4.96. The molecule has 0 saturated carbocycles. The summed E-state index contributed by atoms with van der Waals surface area (Å²) in [6, 6.07) is 11.5. The number of benzene rings is 2. The average molecular weight is 271 g/mol. The number of hydrogen-bond acceptors (Lipinski definition) is 2. The molecule has 0 saturated heterocycles. The van der Waals surface area contributed by atoms with Gasteiger partial charge < -0.3 is 10.0 Å². The maximum absolute atomic E-state index is 12.4. The van der Waals surface area contributed by atoms with E-state index in [1.807, 2.05) is 57.2 Å². The number of phenolic OH excluding ortho intramolecular Hbond substituents is 1. The molecule has 20 heavy (non-hydrogen) atoms. The zero-order valence-electron chi connectivity index (χ0n) is 12.3. The van der Waals surface area contributed by atoms with Gasteiger partial charge in [-0.25, -0.2) is 0 Å². The molecule has 106 valence electrons. The molecule has 0 aromatic heterocycles. The summed E-state index contributed by atoms with van der Waals surface area (Å²) in [6.07, 6.45) is 0. The zero-order valence-corrected chi connectivity index (χ0v) is 12.3. The topological polar surface area (TPSA) is 40.5 Å². The van der Waals surface area contributed by atoms with E-state index in [0.29, 0.717) is 18.7 Å². The third-order valence-corrected chi connectivity index (χ3v) is 3.84. The third kappa shape index (κ3) is 2.48. The van der Waals surface area contributed by atoms with Crippen LogP contribution in [0.25, 0.3) is 10.8 Å². The Bertz CT molecular complexity index is 617. The molecular weight excluding hydrogens is 250 g/mol. The van der Waals surface area contributed by atoms with Gasteiger partial charge in [-0.15, -0.1) is 0 Å². The van der Waals surface area contributed by atoms with Gasteiger partial charge in [-0.2, -0.15) is 0 Å². The number of phenols is 1. The molecule has 0 aliphatic carbocycles. The first-order valence-electron chi connectivity index (χ1n) is 7.09. The first kappa shape index (κ1) is 14.4. The standard InChI is InChI=1S/C17H21NO2/c1-4-18(5-2)17(20)12(3)14-11-10-13-8-6-7-9-15(13)16(14)19/h6-12,19H,4-5H2,1-3H3. The minimum absolute atomic E-state index is 0.0561. The normalized spacial score (nSPS) is 12.3. The number of aromatic hydroxyl groups is 1. The number of nitrogens with zero attached hydrogens (tertiary/aromatic N) is 1. The lowest BCUT2D eigenvalue weighted by molar-refractivity contribution is -0.132. The first-order valence-corrected chi connectivity index (χ1v) is 7.09. The van der Waals surface area contributed by atoms with E-state index in [0.717, 1.165) is 10.8 Å². The summed E-state index contributed by atoms with van der Waals surface area (Å²) in [5, 5.41) is 12.2. The van der Waals surface area contributed by atoms with Gasteiger partial charge in [-0.1, -0.05) is 36.4 Å². The predicted molar refractivity (Wildman–Crippen MR) is 82.0 cm³/mol. The van der Waals surface area contributed by atoms with Crippen LogP contribution in [0.1, 0.15) is 32.3 Å². The molecule has 0 heterocycles. The summed E-state index contributed by atoms with van der Waals surface area (Å²) in [6.45, 7) is 7.16. The van der Waals surface area contributed by atoms with Gasteiger partial charge in [0.1, 0.15) is 5.75 Å². The number of fused-ring (bicyclic) bond motifs is 1. The Labute approximate surface area is 119 Å². The Hall–Kier alpha value is -2.03. The van der Waals surface area contributed by atoms with Crippen molar-refractivity contribution in [1.29, 1.82) is 0 Å². The van der Waals surface area contributed by atoms with E-state index >= 15 is 0 Å². The summed E-state index contributed by atoms with van der Waals surface area (Å²) < 4.78 is 0. The molecule has 0 aliphatic rings. The summed E-state index contributed by atoms with van der Waals surface area (Å²) in [5.41, 5.74) is 0.695. The molecular formula is C17H21NO2. The van der Waals surface area contributed by atoms with Crippen molar-refractivity contribution in [2.24, 2.45) is 0 Å². The second-order valence-electron chi connectivity index (χ2n) is 4.96. The zero-order chi connectivity index (χ0) is 14.7. The van der Waals surface area contributed by atoms with Gasteiger partial charge in [0.05, 0.1) is 5.92 Å². The molecule has 2 aromatic carbocycles. The van der Waals surface area contributed by atoms with Crippen molar-refractivity contribution in [2.75, 3.05) is 13.1 Å². The Kier molecular flexibility index (Phi) is 4.28. The van der Waals surface area contributed by atoms with Crippen LogP contribution in [0.4, 0.5) is 0 Å². The second kappa shape index (κ2) is 5.95. The highest BCUT2D eigenvalue weighted by Crippen LogP contribution is 2.34. The SMILES string of the molecule is CCN(CC)C(=O)C(C)c1ccc2ccccc2c1O. The van der Waals surface area contributed by atoms with Crippen LogP contribution in [0.15, 0.2) is 36.4 Å².